The summed E-state index contributed by atoms with van der Waals surface area (Å²) < 4.78 is 0. The van der Waals surface area contributed by atoms with Gasteiger partial charge in [0.1, 0.15) is 18.1 Å². The van der Waals surface area contributed by atoms with Crippen molar-refractivity contribution < 1.29 is 24.3 Å². The van der Waals surface area contributed by atoms with Crippen LogP contribution in [0, 0.1) is 0 Å². The molecule has 1 heterocycles. The molecule has 0 saturated heterocycles. The van der Waals surface area contributed by atoms with Gasteiger partial charge in [-0.05, 0) is 75.1 Å². The molecule has 4 unspecified atom stereocenters. The zero-order valence-electron chi connectivity index (χ0n) is 24.5. The van der Waals surface area contributed by atoms with E-state index in [2.05, 4.69) is 25.9 Å². The van der Waals surface area contributed by atoms with Gasteiger partial charge in [0.25, 0.3) is 0 Å². The van der Waals surface area contributed by atoms with Crippen LogP contribution in [0.4, 0.5) is 0 Å². The molecule has 0 aliphatic carbocycles. The standard InChI is InChI=1S/C28H45N9O5S/c1-43-14-11-23(27(41)42)37-26(40)21(9-4-5-12-29)36-25(39)22(10-6-13-33-28(31)32)35-24(38)19(30)15-17-16-34-20-8-3-2-7-18(17)20/h2-3,7-8,16,19,21-23,34H,4-6,9-15,29-30H2,1H3,(H,35,38)(H,36,39)(H,37,40)(H,41,42)(H4,31,32,33). The van der Waals surface area contributed by atoms with Crippen molar-refractivity contribution in [2.75, 3.05) is 25.1 Å². The molecule has 238 valence electrons. The number of aromatic amines is 1. The minimum absolute atomic E-state index is 0.100. The molecule has 0 saturated carbocycles. The van der Waals surface area contributed by atoms with Gasteiger partial charge in [0.15, 0.2) is 5.96 Å². The second-order valence-corrected chi connectivity index (χ2v) is 11.2. The molecular formula is C28H45N9O5S. The first-order valence-electron chi connectivity index (χ1n) is 14.3. The number of carbonyl (C=O) groups excluding carboxylic acids is 3. The highest BCUT2D eigenvalue weighted by Crippen LogP contribution is 2.19. The number of carboxylic acid groups (broad SMARTS) is 1. The third-order valence-electron chi connectivity index (χ3n) is 6.83. The normalized spacial score (nSPS) is 13.8. The summed E-state index contributed by atoms with van der Waals surface area (Å²) in [5, 5.41) is 18.5. The van der Waals surface area contributed by atoms with Crippen molar-refractivity contribution in [3.63, 3.8) is 0 Å². The van der Waals surface area contributed by atoms with E-state index in [-0.39, 0.29) is 38.2 Å². The summed E-state index contributed by atoms with van der Waals surface area (Å²) in [7, 11) is 0. The van der Waals surface area contributed by atoms with Gasteiger partial charge in [0, 0.05) is 23.6 Å². The Morgan fingerprint density at radius 1 is 0.930 bits per heavy atom. The van der Waals surface area contributed by atoms with Crippen molar-refractivity contribution in [1.29, 1.82) is 0 Å². The van der Waals surface area contributed by atoms with Gasteiger partial charge in [-0.1, -0.05) is 18.2 Å². The second-order valence-electron chi connectivity index (χ2n) is 10.2. The summed E-state index contributed by atoms with van der Waals surface area (Å²) in [5.41, 5.74) is 24.4. The maximum absolute atomic E-state index is 13.5. The smallest absolute Gasteiger partial charge is 0.326 e. The number of thioether (sulfide) groups is 1. The molecule has 0 fully saturated rings. The fourth-order valence-electron chi connectivity index (χ4n) is 4.48. The number of unbranched alkanes of at least 4 members (excludes halogenated alkanes) is 1. The summed E-state index contributed by atoms with van der Waals surface area (Å²) in [5.74, 6) is -2.51. The van der Waals surface area contributed by atoms with E-state index in [1.54, 1.807) is 6.20 Å². The Hall–Kier alpha value is -3.82. The lowest BCUT2D eigenvalue weighted by Gasteiger charge is -2.25. The zero-order chi connectivity index (χ0) is 31.8. The molecule has 2 rings (SSSR count). The van der Waals surface area contributed by atoms with Crippen molar-refractivity contribution in [3.05, 3.63) is 36.0 Å². The molecule has 2 aromatic rings. The number of aliphatic carboxylic acids is 1. The van der Waals surface area contributed by atoms with Gasteiger partial charge in [-0.25, -0.2) is 4.79 Å². The quantitative estimate of drug-likeness (QED) is 0.0522. The lowest BCUT2D eigenvalue weighted by atomic mass is 10.0. The van der Waals surface area contributed by atoms with Crippen LogP contribution in [-0.2, 0) is 25.6 Å². The van der Waals surface area contributed by atoms with Gasteiger partial charge in [-0.3, -0.25) is 19.4 Å². The number of nitrogens with zero attached hydrogens (tertiary/aromatic N) is 1. The number of aliphatic imine (C=N–C) groups is 1. The monoisotopic (exact) mass is 619 g/mol. The minimum Gasteiger partial charge on any atom is -0.480 e. The van der Waals surface area contributed by atoms with Crippen LogP contribution < -0.4 is 38.9 Å². The van der Waals surface area contributed by atoms with Crippen molar-refractivity contribution >= 4 is 52.3 Å². The summed E-state index contributed by atoms with van der Waals surface area (Å²) in [4.78, 5) is 58.6. The SMILES string of the molecule is CSCCC(NC(=O)C(CCCCN)NC(=O)C(CCCN=C(N)N)NC(=O)C(N)Cc1c[nH]c2ccccc12)C(=O)O. The molecule has 0 bridgehead atoms. The fourth-order valence-corrected chi connectivity index (χ4v) is 4.95. The highest BCUT2D eigenvalue weighted by molar-refractivity contribution is 7.98. The van der Waals surface area contributed by atoms with E-state index < -0.39 is 47.9 Å². The number of nitrogens with one attached hydrogen (secondary N) is 4. The third-order valence-corrected chi connectivity index (χ3v) is 7.48. The van der Waals surface area contributed by atoms with E-state index in [9.17, 15) is 24.3 Å². The molecule has 3 amide bonds. The van der Waals surface area contributed by atoms with E-state index >= 15 is 0 Å². The number of amides is 3. The molecule has 1 aromatic carbocycles. The highest BCUT2D eigenvalue weighted by atomic mass is 32.2. The van der Waals surface area contributed by atoms with Crippen LogP contribution >= 0.6 is 11.8 Å². The minimum atomic E-state index is -1.16. The van der Waals surface area contributed by atoms with Gasteiger partial charge in [0.05, 0.1) is 6.04 Å². The number of carboxylic acids is 1. The third kappa shape index (κ3) is 12.1. The van der Waals surface area contributed by atoms with Gasteiger partial charge in [-0.2, -0.15) is 11.8 Å². The number of H-pyrrole nitrogens is 1. The average molecular weight is 620 g/mol. The molecule has 14 nitrogen and oxygen atoms in total. The number of guanidine groups is 1. The lowest BCUT2D eigenvalue weighted by molar-refractivity contribution is -0.142. The molecule has 15 heteroatoms. The predicted octanol–water partition coefficient (Wildman–Crippen LogP) is -0.488. The summed E-state index contributed by atoms with van der Waals surface area (Å²) >= 11 is 1.46. The molecule has 13 N–H and O–H groups in total. The molecule has 0 aliphatic heterocycles. The molecule has 0 radical (unpaired) electrons. The van der Waals surface area contributed by atoms with Crippen molar-refractivity contribution in [3.8, 4) is 0 Å². The van der Waals surface area contributed by atoms with Crippen LogP contribution in [0.15, 0.2) is 35.5 Å². The first kappa shape index (κ1) is 35.4. The number of hydrogen-bond donors (Lipinski definition) is 9. The zero-order valence-corrected chi connectivity index (χ0v) is 25.3. The van der Waals surface area contributed by atoms with E-state index in [0.29, 0.717) is 31.6 Å². The van der Waals surface area contributed by atoms with Crippen LogP contribution in [0.3, 0.4) is 0 Å². The summed E-state index contributed by atoms with van der Waals surface area (Å²) in [6, 6.07) is 3.50. The first-order chi connectivity index (χ1) is 20.6. The largest absolute Gasteiger partial charge is 0.480 e. The maximum Gasteiger partial charge on any atom is 0.326 e. The molecular weight excluding hydrogens is 574 g/mol. The predicted molar refractivity (Wildman–Crippen MR) is 169 cm³/mol. The van der Waals surface area contributed by atoms with Gasteiger partial charge < -0.3 is 49.0 Å². The van der Waals surface area contributed by atoms with Crippen LogP contribution in [0.1, 0.15) is 44.1 Å². The average Bonchev–Trinajstić information content (AvgIpc) is 3.38. The van der Waals surface area contributed by atoms with Gasteiger partial charge in [0.2, 0.25) is 17.7 Å². The van der Waals surface area contributed by atoms with Crippen molar-refractivity contribution in [2.45, 2.75) is 69.1 Å². The summed E-state index contributed by atoms with van der Waals surface area (Å²) in [6.07, 6.45) is 5.97. The van der Waals surface area contributed by atoms with E-state index in [1.165, 1.54) is 11.8 Å². The number of nitrogens with two attached hydrogens (primary N) is 4. The van der Waals surface area contributed by atoms with Gasteiger partial charge >= 0.3 is 5.97 Å². The van der Waals surface area contributed by atoms with E-state index in [0.717, 1.165) is 16.5 Å². The van der Waals surface area contributed by atoms with Crippen LogP contribution in [0.5, 0.6) is 0 Å². The number of benzene rings is 1. The van der Waals surface area contributed by atoms with Crippen molar-refractivity contribution in [1.82, 2.24) is 20.9 Å². The van der Waals surface area contributed by atoms with E-state index in [1.807, 2.05) is 30.5 Å². The molecule has 43 heavy (non-hydrogen) atoms. The second kappa shape index (κ2) is 18.7. The van der Waals surface area contributed by atoms with Crippen molar-refractivity contribution in [2.24, 2.45) is 27.9 Å². The lowest BCUT2D eigenvalue weighted by Crippen LogP contribution is -2.57. The Bertz CT molecular complexity index is 1230. The Labute approximate surface area is 255 Å². The Morgan fingerprint density at radius 2 is 1.56 bits per heavy atom. The Morgan fingerprint density at radius 3 is 2.19 bits per heavy atom. The van der Waals surface area contributed by atoms with Crippen LogP contribution in [0.25, 0.3) is 10.9 Å². The number of rotatable bonds is 20. The molecule has 0 spiro atoms. The maximum atomic E-state index is 13.5. The topological polar surface area (TPSA) is 257 Å². The number of aromatic nitrogens is 1. The molecule has 1 aromatic heterocycles. The number of carbonyl (C=O) groups is 4. The number of para-hydroxylation sites is 1. The van der Waals surface area contributed by atoms with Gasteiger partial charge in [-0.15, -0.1) is 0 Å². The number of fused-ring (bicyclic) bond motifs is 1. The Kier molecular flexibility index (Phi) is 15.4. The Balaban J connectivity index is 2.17. The molecule has 4 atom stereocenters. The molecule has 0 aliphatic rings. The number of hydrogen-bond acceptors (Lipinski definition) is 8. The highest BCUT2D eigenvalue weighted by Gasteiger charge is 2.30. The fraction of sp³-hybridized carbons (Fsp3) is 0.536. The summed E-state index contributed by atoms with van der Waals surface area (Å²) in [6.45, 7) is 0.616. The van der Waals surface area contributed by atoms with Crippen LogP contribution in [0.2, 0.25) is 0 Å². The van der Waals surface area contributed by atoms with E-state index in [4.69, 9.17) is 22.9 Å². The first-order valence-corrected chi connectivity index (χ1v) is 15.7. The van der Waals surface area contributed by atoms with Crippen LogP contribution in [-0.4, -0.2) is 89.0 Å².